The third kappa shape index (κ3) is 4.64. The molecule has 140 valence electrons. The molecule has 0 aliphatic carbocycles. The number of nitrogens with one attached hydrogen (secondary N) is 1. The van der Waals surface area contributed by atoms with Crippen molar-refractivity contribution in [3.63, 3.8) is 0 Å². The molecule has 5 heteroatoms. The Hall–Kier alpha value is -1.88. The minimum absolute atomic E-state index is 0. The summed E-state index contributed by atoms with van der Waals surface area (Å²) >= 11 is 0. The van der Waals surface area contributed by atoms with Crippen molar-refractivity contribution < 1.29 is 9.53 Å². The van der Waals surface area contributed by atoms with Crippen molar-refractivity contribution in [1.82, 2.24) is 5.32 Å². The summed E-state index contributed by atoms with van der Waals surface area (Å²) in [7, 11) is 0. The Morgan fingerprint density at radius 1 is 1.12 bits per heavy atom. The summed E-state index contributed by atoms with van der Waals surface area (Å²) < 4.78 is 5.37. The van der Waals surface area contributed by atoms with E-state index in [0.29, 0.717) is 39.1 Å². The van der Waals surface area contributed by atoms with Crippen LogP contribution in [0.25, 0.3) is 11.1 Å². The molecule has 0 unspecified atom stereocenters. The molecule has 1 amide bonds. The predicted octanol–water partition coefficient (Wildman–Crippen LogP) is 3.46. The standard InChI is InChI=1S/C21H26N2O2.ClH/c1-16-3-2-4-19(13-16)18-7-5-17(6-8-18)14-23-20(24)21(15-22)9-11-25-12-10-21;/h2-8,13H,9-12,14-15,22H2,1H3,(H,23,24);1H. The number of halogens is 1. The lowest BCUT2D eigenvalue weighted by Crippen LogP contribution is -2.48. The Labute approximate surface area is 161 Å². The summed E-state index contributed by atoms with van der Waals surface area (Å²) in [5.74, 6) is 0.0426. The smallest absolute Gasteiger partial charge is 0.227 e. The Kier molecular flexibility index (Phi) is 7.21. The van der Waals surface area contributed by atoms with Gasteiger partial charge >= 0.3 is 0 Å². The SMILES string of the molecule is Cc1cccc(-c2ccc(CNC(=O)C3(CN)CCOCC3)cc2)c1.Cl. The van der Waals surface area contributed by atoms with E-state index < -0.39 is 5.41 Å². The predicted molar refractivity (Wildman–Crippen MR) is 107 cm³/mol. The lowest BCUT2D eigenvalue weighted by Gasteiger charge is -2.34. The quantitative estimate of drug-likeness (QED) is 0.842. The van der Waals surface area contributed by atoms with Crippen LogP contribution >= 0.6 is 12.4 Å². The Bertz CT molecular complexity index is 725. The molecule has 0 bridgehead atoms. The zero-order chi connectivity index (χ0) is 17.7. The molecule has 2 aromatic rings. The van der Waals surface area contributed by atoms with E-state index in [1.807, 2.05) is 0 Å². The number of hydrogen-bond donors (Lipinski definition) is 2. The molecule has 1 fully saturated rings. The van der Waals surface area contributed by atoms with Gasteiger partial charge in [0.2, 0.25) is 5.91 Å². The molecule has 0 atom stereocenters. The van der Waals surface area contributed by atoms with Gasteiger partial charge in [0.15, 0.2) is 0 Å². The van der Waals surface area contributed by atoms with Crippen LogP contribution in [0.3, 0.4) is 0 Å². The molecule has 3 N–H and O–H groups in total. The van der Waals surface area contributed by atoms with Gasteiger partial charge < -0.3 is 15.8 Å². The number of aryl methyl sites for hydroxylation is 1. The van der Waals surface area contributed by atoms with Gasteiger partial charge in [0, 0.05) is 26.3 Å². The number of nitrogens with two attached hydrogens (primary N) is 1. The van der Waals surface area contributed by atoms with Crippen LogP contribution in [0.4, 0.5) is 0 Å². The number of rotatable bonds is 5. The Morgan fingerprint density at radius 2 is 1.81 bits per heavy atom. The van der Waals surface area contributed by atoms with Gasteiger partial charge in [-0.25, -0.2) is 0 Å². The molecule has 0 spiro atoms. The van der Waals surface area contributed by atoms with E-state index in [-0.39, 0.29) is 18.3 Å². The number of ether oxygens (including phenoxy) is 1. The van der Waals surface area contributed by atoms with Gasteiger partial charge in [0.05, 0.1) is 5.41 Å². The lowest BCUT2D eigenvalue weighted by molar-refractivity contribution is -0.136. The van der Waals surface area contributed by atoms with Gasteiger partial charge in [-0.05, 0) is 36.5 Å². The van der Waals surface area contributed by atoms with E-state index in [9.17, 15) is 4.79 Å². The number of amides is 1. The second kappa shape index (κ2) is 9.17. The van der Waals surface area contributed by atoms with Crippen LogP contribution in [0.1, 0.15) is 24.0 Å². The van der Waals surface area contributed by atoms with Gasteiger partial charge in [0.25, 0.3) is 0 Å². The highest BCUT2D eigenvalue weighted by Crippen LogP contribution is 2.29. The summed E-state index contributed by atoms with van der Waals surface area (Å²) in [5, 5.41) is 3.05. The molecule has 3 rings (SSSR count). The number of carbonyl (C=O) groups excluding carboxylic acids is 1. The average Bonchev–Trinajstić information content (AvgIpc) is 2.67. The molecule has 26 heavy (non-hydrogen) atoms. The van der Waals surface area contributed by atoms with E-state index in [1.165, 1.54) is 16.7 Å². The fourth-order valence-corrected chi connectivity index (χ4v) is 3.30. The van der Waals surface area contributed by atoms with Crippen LogP contribution in [0.2, 0.25) is 0 Å². The molecule has 1 heterocycles. The van der Waals surface area contributed by atoms with Crippen LogP contribution in [0, 0.1) is 12.3 Å². The highest BCUT2D eigenvalue weighted by Gasteiger charge is 2.38. The molecule has 0 aromatic heterocycles. The molecule has 1 aliphatic rings. The van der Waals surface area contributed by atoms with Crippen molar-refractivity contribution in [2.45, 2.75) is 26.3 Å². The monoisotopic (exact) mass is 374 g/mol. The molecule has 1 saturated heterocycles. The Balaban J connectivity index is 0.00000243. The maximum atomic E-state index is 12.6. The number of carbonyl (C=O) groups is 1. The third-order valence-corrected chi connectivity index (χ3v) is 5.08. The maximum absolute atomic E-state index is 12.6. The van der Waals surface area contributed by atoms with Gasteiger partial charge in [0.1, 0.15) is 0 Å². The first-order chi connectivity index (χ1) is 12.1. The van der Waals surface area contributed by atoms with E-state index in [4.69, 9.17) is 10.5 Å². The van der Waals surface area contributed by atoms with E-state index in [1.54, 1.807) is 0 Å². The first kappa shape index (κ1) is 20.4. The molecule has 0 saturated carbocycles. The maximum Gasteiger partial charge on any atom is 0.227 e. The van der Waals surface area contributed by atoms with Gasteiger partial charge in [-0.1, -0.05) is 54.1 Å². The molecular weight excluding hydrogens is 348 g/mol. The first-order valence-corrected chi connectivity index (χ1v) is 8.85. The van der Waals surface area contributed by atoms with Crippen LogP contribution in [0.5, 0.6) is 0 Å². The molecule has 2 aromatic carbocycles. The van der Waals surface area contributed by atoms with Crippen molar-refractivity contribution in [3.05, 3.63) is 59.7 Å². The summed E-state index contributed by atoms with van der Waals surface area (Å²) in [6.45, 7) is 4.20. The van der Waals surface area contributed by atoms with Gasteiger partial charge in [-0.15, -0.1) is 12.4 Å². The summed E-state index contributed by atoms with van der Waals surface area (Å²) in [5.41, 5.74) is 10.1. The third-order valence-electron chi connectivity index (χ3n) is 5.08. The van der Waals surface area contributed by atoms with E-state index in [2.05, 4.69) is 60.8 Å². The van der Waals surface area contributed by atoms with Crippen molar-refractivity contribution in [2.24, 2.45) is 11.1 Å². The Morgan fingerprint density at radius 3 is 2.42 bits per heavy atom. The van der Waals surface area contributed by atoms with Gasteiger partial charge in [-0.3, -0.25) is 4.79 Å². The fraction of sp³-hybridized carbons (Fsp3) is 0.381. The van der Waals surface area contributed by atoms with E-state index >= 15 is 0 Å². The van der Waals surface area contributed by atoms with Crippen LogP contribution in [-0.2, 0) is 16.1 Å². The summed E-state index contributed by atoms with van der Waals surface area (Å²) in [6, 6.07) is 16.8. The molecule has 1 aliphatic heterocycles. The van der Waals surface area contributed by atoms with Crippen LogP contribution in [0.15, 0.2) is 48.5 Å². The average molecular weight is 375 g/mol. The minimum atomic E-state index is -0.472. The highest BCUT2D eigenvalue weighted by atomic mass is 35.5. The zero-order valence-corrected chi connectivity index (χ0v) is 16.0. The van der Waals surface area contributed by atoms with Gasteiger partial charge in [-0.2, -0.15) is 0 Å². The summed E-state index contributed by atoms with van der Waals surface area (Å²) in [4.78, 5) is 12.6. The van der Waals surface area contributed by atoms with Crippen molar-refractivity contribution in [1.29, 1.82) is 0 Å². The van der Waals surface area contributed by atoms with Crippen molar-refractivity contribution >= 4 is 18.3 Å². The number of hydrogen-bond acceptors (Lipinski definition) is 3. The molecule has 0 radical (unpaired) electrons. The van der Waals surface area contributed by atoms with Crippen molar-refractivity contribution in [2.75, 3.05) is 19.8 Å². The second-order valence-corrected chi connectivity index (χ2v) is 6.85. The number of benzene rings is 2. The fourth-order valence-electron chi connectivity index (χ4n) is 3.30. The molecule has 4 nitrogen and oxygen atoms in total. The summed E-state index contributed by atoms with van der Waals surface area (Å²) in [6.07, 6.45) is 1.39. The highest BCUT2D eigenvalue weighted by molar-refractivity contribution is 5.85. The van der Waals surface area contributed by atoms with E-state index in [0.717, 1.165) is 5.56 Å². The van der Waals surface area contributed by atoms with Crippen LogP contribution in [-0.4, -0.2) is 25.7 Å². The largest absolute Gasteiger partial charge is 0.381 e. The van der Waals surface area contributed by atoms with Crippen LogP contribution < -0.4 is 11.1 Å². The normalized spacial score (nSPS) is 15.8. The zero-order valence-electron chi connectivity index (χ0n) is 15.2. The second-order valence-electron chi connectivity index (χ2n) is 6.85. The minimum Gasteiger partial charge on any atom is -0.381 e. The lowest BCUT2D eigenvalue weighted by atomic mass is 9.79. The molecular formula is C21H27ClN2O2. The topological polar surface area (TPSA) is 64.4 Å². The van der Waals surface area contributed by atoms with Crippen molar-refractivity contribution in [3.8, 4) is 11.1 Å². The first-order valence-electron chi connectivity index (χ1n) is 8.85.